The molecule has 0 bridgehead atoms. The predicted molar refractivity (Wildman–Crippen MR) is 96.2 cm³/mol. The molecule has 7 heteroatoms. The Morgan fingerprint density at radius 1 is 1.15 bits per heavy atom. The lowest BCUT2D eigenvalue weighted by Crippen LogP contribution is -2.38. The van der Waals surface area contributed by atoms with Gasteiger partial charge in [0.15, 0.2) is 0 Å². The maximum Gasteiger partial charge on any atom is 0.311 e. The number of fused-ring (bicyclic) bond motifs is 2. The fourth-order valence-corrected chi connectivity index (χ4v) is 5.40. The van der Waals surface area contributed by atoms with Gasteiger partial charge in [-0.05, 0) is 42.5 Å². The molecule has 1 atom stereocenters. The molecule has 0 fully saturated rings. The maximum absolute atomic E-state index is 13.4. The number of rotatable bonds is 3. The Hall–Kier alpha value is -2.54. The summed E-state index contributed by atoms with van der Waals surface area (Å²) in [5.41, 5.74) is 1.85. The van der Waals surface area contributed by atoms with Crippen molar-refractivity contribution in [2.45, 2.75) is 30.1 Å². The van der Waals surface area contributed by atoms with E-state index in [-0.39, 0.29) is 17.9 Å². The normalized spacial score (nSPS) is 19.2. The van der Waals surface area contributed by atoms with E-state index in [9.17, 15) is 18.3 Å². The summed E-state index contributed by atoms with van der Waals surface area (Å²) in [5.74, 6) is -1.20. The summed E-state index contributed by atoms with van der Waals surface area (Å²) >= 11 is 0. The number of hydrogen-bond acceptors (Lipinski definition) is 4. The minimum Gasteiger partial charge on any atom is -0.492 e. The van der Waals surface area contributed by atoms with Gasteiger partial charge in [-0.1, -0.05) is 30.3 Å². The number of sulfonamides is 1. The van der Waals surface area contributed by atoms with Gasteiger partial charge in [-0.2, -0.15) is 0 Å². The van der Waals surface area contributed by atoms with Crippen LogP contribution in [0.15, 0.2) is 47.4 Å². The molecule has 2 aromatic rings. The van der Waals surface area contributed by atoms with Crippen LogP contribution in [0.5, 0.6) is 5.75 Å². The van der Waals surface area contributed by atoms with Gasteiger partial charge in [0.25, 0.3) is 10.0 Å². The average molecular weight is 373 g/mol. The fraction of sp³-hybridized carbons (Fsp3) is 0.316. The number of aliphatic carboxylic acids is 1. The van der Waals surface area contributed by atoms with Crippen molar-refractivity contribution in [2.75, 3.05) is 17.5 Å². The molecule has 0 aromatic heterocycles. The summed E-state index contributed by atoms with van der Waals surface area (Å²) < 4.78 is 33.8. The number of anilines is 1. The molecule has 0 saturated carbocycles. The average Bonchev–Trinajstić information content (AvgIpc) is 2.66. The highest BCUT2D eigenvalue weighted by molar-refractivity contribution is 7.93. The Kier molecular flexibility index (Phi) is 4.11. The molecular weight excluding hydrogens is 354 g/mol. The highest BCUT2D eigenvalue weighted by Gasteiger charge is 2.37. The summed E-state index contributed by atoms with van der Waals surface area (Å²) in [6.07, 6.45) is 1.89. The fourth-order valence-electron chi connectivity index (χ4n) is 3.72. The van der Waals surface area contributed by atoms with Crippen LogP contribution in [0.4, 0.5) is 5.69 Å². The first-order valence-corrected chi connectivity index (χ1v) is 10.0. The number of nitrogens with zero attached hydrogens (tertiary/aromatic N) is 1. The zero-order chi connectivity index (χ0) is 18.3. The van der Waals surface area contributed by atoms with Crippen molar-refractivity contribution in [1.82, 2.24) is 0 Å². The highest BCUT2D eigenvalue weighted by atomic mass is 32.2. The van der Waals surface area contributed by atoms with Crippen LogP contribution >= 0.6 is 0 Å². The molecule has 2 heterocycles. The third-order valence-electron chi connectivity index (χ3n) is 4.97. The van der Waals surface area contributed by atoms with Crippen molar-refractivity contribution < 1.29 is 23.1 Å². The quantitative estimate of drug-likeness (QED) is 0.894. The minimum atomic E-state index is -3.85. The lowest BCUT2D eigenvalue weighted by molar-refractivity contribution is -0.139. The SMILES string of the molecule is O=C(O)C1CCN(S(=O)(=O)c2cccc3c2OCCC3)c2ccccc21. The van der Waals surface area contributed by atoms with Gasteiger partial charge in [-0.3, -0.25) is 9.10 Å². The van der Waals surface area contributed by atoms with Crippen molar-refractivity contribution in [1.29, 1.82) is 0 Å². The van der Waals surface area contributed by atoms with E-state index in [1.807, 2.05) is 6.07 Å². The Morgan fingerprint density at radius 2 is 1.96 bits per heavy atom. The number of carboxylic acids is 1. The van der Waals surface area contributed by atoms with Gasteiger partial charge in [0.2, 0.25) is 0 Å². The molecule has 0 spiro atoms. The van der Waals surface area contributed by atoms with Crippen LogP contribution in [-0.2, 0) is 21.2 Å². The maximum atomic E-state index is 13.4. The van der Waals surface area contributed by atoms with E-state index in [1.165, 1.54) is 4.31 Å². The van der Waals surface area contributed by atoms with Crippen LogP contribution in [0.1, 0.15) is 29.9 Å². The first-order valence-electron chi connectivity index (χ1n) is 8.59. The Morgan fingerprint density at radius 3 is 2.77 bits per heavy atom. The number of aryl methyl sites for hydroxylation is 1. The van der Waals surface area contributed by atoms with E-state index in [0.29, 0.717) is 23.6 Å². The lowest BCUT2D eigenvalue weighted by Gasteiger charge is -2.34. The second kappa shape index (κ2) is 6.32. The van der Waals surface area contributed by atoms with Crippen molar-refractivity contribution in [3.05, 3.63) is 53.6 Å². The van der Waals surface area contributed by atoms with Crippen molar-refractivity contribution in [2.24, 2.45) is 0 Å². The number of ether oxygens (including phenoxy) is 1. The largest absolute Gasteiger partial charge is 0.492 e. The Balaban J connectivity index is 1.83. The molecular formula is C19H19NO5S. The van der Waals surface area contributed by atoms with E-state index >= 15 is 0 Å². The Labute approximate surface area is 152 Å². The van der Waals surface area contributed by atoms with Gasteiger partial charge in [-0.25, -0.2) is 8.42 Å². The van der Waals surface area contributed by atoms with Crippen LogP contribution < -0.4 is 9.04 Å². The second-order valence-corrected chi connectivity index (χ2v) is 8.34. The smallest absolute Gasteiger partial charge is 0.311 e. The highest BCUT2D eigenvalue weighted by Crippen LogP contribution is 2.41. The summed E-state index contributed by atoms with van der Waals surface area (Å²) in [7, 11) is -3.85. The number of benzene rings is 2. The van der Waals surface area contributed by atoms with Gasteiger partial charge < -0.3 is 9.84 Å². The van der Waals surface area contributed by atoms with Crippen molar-refractivity contribution >= 4 is 21.7 Å². The molecule has 4 rings (SSSR count). The zero-order valence-electron chi connectivity index (χ0n) is 14.1. The van der Waals surface area contributed by atoms with Crippen LogP contribution in [0.3, 0.4) is 0 Å². The minimum absolute atomic E-state index is 0.125. The van der Waals surface area contributed by atoms with Gasteiger partial charge in [0, 0.05) is 6.54 Å². The standard InChI is InChI=1S/C19H19NO5S/c21-19(22)15-10-11-20(16-8-2-1-7-14(15)16)26(23,24)17-9-3-5-13-6-4-12-25-18(13)17/h1-3,5,7-9,15H,4,6,10-12H2,(H,21,22). The van der Waals surface area contributed by atoms with E-state index in [4.69, 9.17) is 4.74 Å². The molecule has 1 unspecified atom stereocenters. The number of carboxylic acid groups (broad SMARTS) is 1. The molecule has 2 aliphatic rings. The predicted octanol–water partition coefficient (Wildman–Crippen LogP) is 2.78. The second-order valence-electron chi connectivity index (χ2n) is 6.51. The monoisotopic (exact) mass is 373 g/mol. The van der Waals surface area contributed by atoms with Gasteiger partial charge in [0.1, 0.15) is 10.6 Å². The summed E-state index contributed by atoms with van der Waals surface area (Å²) in [6.45, 7) is 0.622. The first kappa shape index (κ1) is 16.9. The molecule has 2 aliphatic heterocycles. The van der Waals surface area contributed by atoms with E-state index < -0.39 is 21.9 Å². The van der Waals surface area contributed by atoms with E-state index in [0.717, 1.165) is 18.4 Å². The molecule has 0 radical (unpaired) electrons. The Bertz CT molecular complexity index is 970. The lowest BCUT2D eigenvalue weighted by atomic mass is 9.91. The topological polar surface area (TPSA) is 83.9 Å². The van der Waals surface area contributed by atoms with Gasteiger partial charge in [-0.15, -0.1) is 0 Å². The van der Waals surface area contributed by atoms with Crippen LogP contribution in [0.25, 0.3) is 0 Å². The van der Waals surface area contributed by atoms with Gasteiger partial charge in [0.05, 0.1) is 18.2 Å². The molecule has 0 saturated heterocycles. The summed E-state index contributed by atoms with van der Waals surface area (Å²) in [6, 6.07) is 12.0. The summed E-state index contributed by atoms with van der Waals surface area (Å²) in [5, 5.41) is 9.46. The molecule has 2 aromatic carbocycles. The van der Waals surface area contributed by atoms with Gasteiger partial charge >= 0.3 is 5.97 Å². The number of hydrogen-bond donors (Lipinski definition) is 1. The van der Waals surface area contributed by atoms with Crippen LogP contribution in [0.2, 0.25) is 0 Å². The van der Waals surface area contributed by atoms with E-state index in [1.54, 1.807) is 36.4 Å². The molecule has 136 valence electrons. The molecule has 26 heavy (non-hydrogen) atoms. The molecule has 1 N–H and O–H groups in total. The molecule has 6 nitrogen and oxygen atoms in total. The first-order chi connectivity index (χ1) is 12.5. The molecule has 0 aliphatic carbocycles. The third-order valence-corrected chi connectivity index (χ3v) is 6.80. The van der Waals surface area contributed by atoms with Crippen molar-refractivity contribution in [3.63, 3.8) is 0 Å². The van der Waals surface area contributed by atoms with E-state index in [2.05, 4.69) is 0 Å². The third kappa shape index (κ3) is 2.63. The van der Waals surface area contributed by atoms with Crippen LogP contribution in [-0.4, -0.2) is 32.6 Å². The van der Waals surface area contributed by atoms with Crippen LogP contribution in [0, 0.1) is 0 Å². The zero-order valence-corrected chi connectivity index (χ0v) is 14.9. The number of carbonyl (C=O) groups is 1. The summed E-state index contributed by atoms with van der Waals surface area (Å²) in [4.78, 5) is 11.7. The molecule has 0 amide bonds. The number of para-hydroxylation sites is 2. The van der Waals surface area contributed by atoms with Crippen molar-refractivity contribution in [3.8, 4) is 5.75 Å².